The Kier molecular flexibility index (Phi) is 3.74. The first kappa shape index (κ1) is 11.4. The lowest BCUT2D eigenvalue weighted by Crippen LogP contribution is -1.97. The van der Waals surface area contributed by atoms with Gasteiger partial charge in [-0.15, -0.1) is 0 Å². The number of hydrogen-bond acceptors (Lipinski definition) is 2. The van der Waals surface area contributed by atoms with Crippen LogP contribution in [0, 0.1) is 0 Å². The lowest BCUT2D eigenvalue weighted by molar-refractivity contribution is 0.288. The smallest absolute Gasteiger partial charge is 0.0787 e. The van der Waals surface area contributed by atoms with Crippen LogP contribution in [-0.4, -0.2) is 21.5 Å². The van der Waals surface area contributed by atoms with Gasteiger partial charge in [-0.1, -0.05) is 6.07 Å². The van der Waals surface area contributed by atoms with Crippen molar-refractivity contribution in [2.24, 2.45) is 0 Å². The topological polar surface area (TPSA) is 38.0 Å². The van der Waals surface area contributed by atoms with E-state index in [1.54, 1.807) is 6.20 Å². The molecule has 0 aliphatic heterocycles. The van der Waals surface area contributed by atoms with Crippen LogP contribution in [0.4, 0.5) is 0 Å². The molecule has 1 aromatic carbocycles. The van der Waals surface area contributed by atoms with Crippen molar-refractivity contribution < 1.29 is 5.11 Å². The van der Waals surface area contributed by atoms with Gasteiger partial charge in [0.25, 0.3) is 0 Å². The summed E-state index contributed by atoms with van der Waals surface area (Å²) in [6, 6.07) is 8.07. The van der Waals surface area contributed by atoms with Gasteiger partial charge in [-0.25, -0.2) is 4.68 Å². The minimum absolute atomic E-state index is 0.235. The van der Waals surface area contributed by atoms with Gasteiger partial charge in [0, 0.05) is 23.5 Å². The van der Waals surface area contributed by atoms with Crippen molar-refractivity contribution in [2.75, 3.05) is 6.61 Å². The van der Waals surface area contributed by atoms with Gasteiger partial charge in [0.2, 0.25) is 0 Å². The molecule has 0 atom stereocenters. The predicted octanol–water partition coefficient (Wildman–Crippen LogP) is 2.56. The number of aliphatic hydroxyl groups is 1. The first-order valence-corrected chi connectivity index (χ1v) is 6.00. The van der Waals surface area contributed by atoms with E-state index in [0.717, 1.165) is 23.0 Å². The quantitative estimate of drug-likeness (QED) is 0.935. The van der Waals surface area contributed by atoms with Crippen LogP contribution in [0.5, 0.6) is 0 Å². The van der Waals surface area contributed by atoms with Crippen molar-refractivity contribution >= 4 is 15.9 Å². The fourth-order valence-electron chi connectivity index (χ4n) is 1.59. The molecule has 0 bridgehead atoms. The molecule has 0 unspecified atom stereocenters. The summed E-state index contributed by atoms with van der Waals surface area (Å²) in [4.78, 5) is 0. The van der Waals surface area contributed by atoms with Crippen LogP contribution in [0.1, 0.15) is 12.0 Å². The highest BCUT2D eigenvalue weighted by atomic mass is 79.9. The summed E-state index contributed by atoms with van der Waals surface area (Å²) < 4.78 is 2.84. The van der Waals surface area contributed by atoms with Gasteiger partial charge >= 0.3 is 0 Å². The largest absolute Gasteiger partial charge is 0.396 e. The minimum Gasteiger partial charge on any atom is -0.396 e. The number of nitrogens with zero attached hydrogens (tertiary/aromatic N) is 2. The summed E-state index contributed by atoms with van der Waals surface area (Å²) in [5.74, 6) is 0. The van der Waals surface area contributed by atoms with E-state index in [1.165, 1.54) is 5.56 Å². The molecule has 0 fully saturated rings. The maximum absolute atomic E-state index is 8.78. The molecular formula is C12H13BrN2O. The third kappa shape index (κ3) is 2.51. The number of benzene rings is 1. The number of aliphatic hydroxyl groups excluding tert-OH is 1. The molecule has 0 amide bonds. The number of aryl methyl sites for hydroxylation is 1. The first-order valence-electron chi connectivity index (χ1n) is 5.20. The van der Waals surface area contributed by atoms with E-state index in [9.17, 15) is 0 Å². The first-order chi connectivity index (χ1) is 7.81. The molecule has 0 aliphatic carbocycles. The minimum atomic E-state index is 0.235. The zero-order valence-corrected chi connectivity index (χ0v) is 10.4. The molecule has 84 valence electrons. The maximum Gasteiger partial charge on any atom is 0.0787 e. The Morgan fingerprint density at radius 3 is 2.88 bits per heavy atom. The van der Waals surface area contributed by atoms with Crippen LogP contribution in [0.15, 0.2) is 41.1 Å². The van der Waals surface area contributed by atoms with Gasteiger partial charge in [0.15, 0.2) is 0 Å². The average molecular weight is 281 g/mol. The molecule has 0 spiro atoms. The lowest BCUT2D eigenvalue weighted by atomic mass is 10.1. The summed E-state index contributed by atoms with van der Waals surface area (Å²) in [6.07, 6.45) is 5.36. The van der Waals surface area contributed by atoms with Gasteiger partial charge in [-0.2, -0.15) is 5.10 Å². The van der Waals surface area contributed by atoms with E-state index in [0.29, 0.717) is 0 Å². The molecule has 1 aromatic heterocycles. The summed E-state index contributed by atoms with van der Waals surface area (Å²) in [7, 11) is 0. The maximum atomic E-state index is 8.78. The molecule has 1 N–H and O–H groups in total. The predicted molar refractivity (Wildman–Crippen MR) is 66.7 cm³/mol. The summed E-state index contributed by atoms with van der Waals surface area (Å²) >= 11 is 3.54. The lowest BCUT2D eigenvalue weighted by Gasteiger charge is -2.07. The molecule has 4 heteroatoms. The number of aromatic nitrogens is 2. The molecule has 2 rings (SSSR count). The SMILES string of the molecule is OCCCc1ccc(-n2cccn2)c(Br)c1. The number of hydrogen-bond donors (Lipinski definition) is 1. The number of halogens is 1. The van der Waals surface area contributed by atoms with Crippen molar-refractivity contribution in [1.82, 2.24) is 9.78 Å². The van der Waals surface area contributed by atoms with E-state index in [1.807, 2.05) is 23.0 Å². The monoisotopic (exact) mass is 280 g/mol. The highest BCUT2D eigenvalue weighted by Crippen LogP contribution is 2.22. The Bertz CT molecular complexity index is 454. The molecule has 0 radical (unpaired) electrons. The van der Waals surface area contributed by atoms with Gasteiger partial charge in [0.1, 0.15) is 0 Å². The third-order valence-corrected chi connectivity index (χ3v) is 3.02. The highest BCUT2D eigenvalue weighted by molar-refractivity contribution is 9.10. The zero-order valence-electron chi connectivity index (χ0n) is 8.81. The molecular weight excluding hydrogens is 268 g/mol. The van der Waals surface area contributed by atoms with Crippen molar-refractivity contribution in [1.29, 1.82) is 0 Å². The highest BCUT2D eigenvalue weighted by Gasteiger charge is 2.03. The fraction of sp³-hybridized carbons (Fsp3) is 0.250. The summed E-state index contributed by atoms with van der Waals surface area (Å²) in [5, 5.41) is 13.0. The Labute approximate surface area is 103 Å². The number of rotatable bonds is 4. The molecule has 1 heterocycles. The normalized spacial score (nSPS) is 10.6. The van der Waals surface area contributed by atoms with E-state index < -0.39 is 0 Å². The second-order valence-corrected chi connectivity index (χ2v) is 4.42. The van der Waals surface area contributed by atoms with Gasteiger partial charge in [0.05, 0.1) is 5.69 Å². The van der Waals surface area contributed by atoms with Crippen LogP contribution in [0.3, 0.4) is 0 Å². The molecule has 0 saturated heterocycles. The summed E-state index contributed by atoms with van der Waals surface area (Å²) in [6.45, 7) is 0.235. The van der Waals surface area contributed by atoms with Crippen molar-refractivity contribution in [3.8, 4) is 5.69 Å². The van der Waals surface area contributed by atoms with Gasteiger partial charge in [-0.3, -0.25) is 0 Å². The fourth-order valence-corrected chi connectivity index (χ4v) is 2.19. The average Bonchev–Trinajstić information content (AvgIpc) is 2.80. The Morgan fingerprint density at radius 2 is 2.25 bits per heavy atom. The summed E-state index contributed by atoms with van der Waals surface area (Å²) in [5.41, 5.74) is 2.24. The van der Waals surface area contributed by atoms with Crippen LogP contribution >= 0.6 is 15.9 Å². The Balaban J connectivity index is 2.23. The second-order valence-electron chi connectivity index (χ2n) is 3.56. The van der Waals surface area contributed by atoms with E-state index in [4.69, 9.17) is 5.11 Å². The van der Waals surface area contributed by atoms with E-state index in [-0.39, 0.29) is 6.61 Å². The van der Waals surface area contributed by atoms with Crippen molar-refractivity contribution in [3.05, 3.63) is 46.7 Å². The second kappa shape index (κ2) is 5.27. The Hall–Kier alpha value is -1.13. The van der Waals surface area contributed by atoms with Crippen molar-refractivity contribution in [3.63, 3.8) is 0 Å². The van der Waals surface area contributed by atoms with E-state index in [2.05, 4.69) is 33.2 Å². The van der Waals surface area contributed by atoms with Crippen molar-refractivity contribution in [2.45, 2.75) is 12.8 Å². The van der Waals surface area contributed by atoms with E-state index >= 15 is 0 Å². The molecule has 2 aromatic rings. The van der Waals surface area contributed by atoms with Gasteiger partial charge in [-0.05, 0) is 52.5 Å². The Morgan fingerprint density at radius 1 is 1.38 bits per heavy atom. The van der Waals surface area contributed by atoms with Crippen LogP contribution < -0.4 is 0 Å². The van der Waals surface area contributed by atoms with Crippen LogP contribution in [-0.2, 0) is 6.42 Å². The molecule has 3 nitrogen and oxygen atoms in total. The zero-order chi connectivity index (χ0) is 11.4. The molecule has 0 aliphatic rings. The standard InChI is InChI=1S/C12H13BrN2O/c13-11-9-10(3-1-8-16)4-5-12(11)15-7-2-6-14-15/h2,4-7,9,16H,1,3,8H2. The van der Waals surface area contributed by atoms with Gasteiger partial charge < -0.3 is 5.11 Å². The molecule has 0 saturated carbocycles. The third-order valence-electron chi connectivity index (χ3n) is 2.39. The van der Waals surface area contributed by atoms with Crippen LogP contribution in [0.2, 0.25) is 0 Å². The molecule has 16 heavy (non-hydrogen) atoms. The van der Waals surface area contributed by atoms with Crippen LogP contribution in [0.25, 0.3) is 5.69 Å².